The van der Waals surface area contributed by atoms with Crippen molar-refractivity contribution < 1.29 is 0 Å². The van der Waals surface area contributed by atoms with Gasteiger partial charge in [0, 0.05) is 18.3 Å². The van der Waals surface area contributed by atoms with Gasteiger partial charge >= 0.3 is 0 Å². The Balaban J connectivity index is 0.000000457. The van der Waals surface area contributed by atoms with Crippen LogP contribution in [0.5, 0.6) is 0 Å². The van der Waals surface area contributed by atoms with Crippen molar-refractivity contribution in [3.8, 4) is 0 Å². The lowest BCUT2D eigenvalue weighted by Gasteiger charge is -2.23. The number of hydrogen-bond donors (Lipinski definition) is 0. The summed E-state index contributed by atoms with van der Waals surface area (Å²) in [7, 11) is 0. The summed E-state index contributed by atoms with van der Waals surface area (Å²) in [6, 6.07) is 5.91. The monoisotopic (exact) mass is 218 g/mol. The predicted molar refractivity (Wildman–Crippen MR) is 68.8 cm³/mol. The molecule has 2 nitrogen and oxygen atoms in total. The summed E-state index contributed by atoms with van der Waals surface area (Å²) in [4.78, 5) is 7.07. The van der Waals surface area contributed by atoms with Crippen LogP contribution >= 0.6 is 0 Å². The highest BCUT2D eigenvalue weighted by atomic mass is 15.3. The van der Waals surface area contributed by atoms with Gasteiger partial charge < -0.3 is 4.90 Å². The van der Waals surface area contributed by atoms with Crippen molar-refractivity contribution in [1.29, 1.82) is 0 Å². The van der Waals surface area contributed by atoms with Gasteiger partial charge in [0.15, 0.2) is 0 Å². The maximum atomic E-state index is 4.53. The lowest BCUT2D eigenvalue weighted by atomic mass is 10.0. The van der Waals surface area contributed by atoms with E-state index >= 15 is 0 Å². The number of anilines is 1. The Labute approximate surface area is 98.7 Å². The number of aryl methyl sites for hydroxylation is 1. The second-order valence-corrected chi connectivity index (χ2v) is 4.56. The Morgan fingerprint density at radius 1 is 1.06 bits per heavy atom. The molecule has 2 aliphatic heterocycles. The van der Waals surface area contributed by atoms with Crippen LogP contribution < -0.4 is 4.90 Å². The maximum absolute atomic E-state index is 4.53. The molecule has 0 unspecified atom stereocenters. The Bertz CT molecular complexity index is 311. The first-order chi connectivity index (χ1) is 7.84. The van der Waals surface area contributed by atoms with Crippen LogP contribution in [0.25, 0.3) is 0 Å². The lowest BCUT2D eigenvalue weighted by molar-refractivity contribution is 0.576. The zero-order chi connectivity index (χ0) is 11.5. The van der Waals surface area contributed by atoms with Crippen LogP contribution in [0.3, 0.4) is 0 Å². The fourth-order valence-electron chi connectivity index (χ4n) is 2.90. The smallest absolute Gasteiger partial charge is 0.128 e. The molecule has 0 N–H and O–H groups in total. The highest BCUT2D eigenvalue weighted by Crippen LogP contribution is 2.39. The summed E-state index contributed by atoms with van der Waals surface area (Å²) in [5.74, 6) is 1.20. The van der Waals surface area contributed by atoms with Crippen molar-refractivity contribution in [1.82, 2.24) is 4.98 Å². The van der Waals surface area contributed by atoms with E-state index in [1.165, 1.54) is 37.1 Å². The van der Waals surface area contributed by atoms with Gasteiger partial charge in [-0.25, -0.2) is 4.98 Å². The minimum Gasteiger partial charge on any atom is -0.351 e. The Kier molecular flexibility index (Phi) is 3.47. The second kappa shape index (κ2) is 4.86. The quantitative estimate of drug-likeness (QED) is 0.716. The van der Waals surface area contributed by atoms with E-state index in [0.717, 1.165) is 12.1 Å². The van der Waals surface area contributed by atoms with Gasteiger partial charge in [0.05, 0.1) is 0 Å². The zero-order valence-electron chi connectivity index (χ0n) is 10.6. The Hall–Kier alpha value is -1.05. The maximum Gasteiger partial charge on any atom is 0.128 e. The van der Waals surface area contributed by atoms with E-state index in [1.54, 1.807) is 0 Å². The molecular formula is C14H22N2. The van der Waals surface area contributed by atoms with Crippen LogP contribution in [0.2, 0.25) is 0 Å². The first kappa shape index (κ1) is 11.4. The zero-order valence-corrected chi connectivity index (χ0v) is 10.6. The molecule has 0 aromatic carbocycles. The van der Waals surface area contributed by atoms with Gasteiger partial charge in [-0.1, -0.05) is 19.9 Å². The summed E-state index contributed by atoms with van der Waals surface area (Å²) in [5, 5.41) is 0. The lowest BCUT2D eigenvalue weighted by Crippen LogP contribution is -2.28. The topological polar surface area (TPSA) is 16.1 Å². The molecule has 1 aromatic rings. The van der Waals surface area contributed by atoms with Gasteiger partial charge in [-0.3, -0.25) is 0 Å². The second-order valence-electron chi connectivity index (χ2n) is 4.56. The predicted octanol–water partition coefficient (Wildman–Crippen LogP) is 3.55. The van der Waals surface area contributed by atoms with Crippen LogP contribution in [0, 0.1) is 6.92 Å². The number of rotatable bonds is 1. The molecule has 2 saturated heterocycles. The number of pyridine rings is 1. The molecule has 0 aliphatic carbocycles. The third-order valence-corrected chi connectivity index (χ3v) is 3.61. The number of hydrogen-bond acceptors (Lipinski definition) is 2. The van der Waals surface area contributed by atoms with Crippen LogP contribution in [0.4, 0.5) is 5.82 Å². The third-order valence-electron chi connectivity index (χ3n) is 3.61. The molecule has 2 fully saturated rings. The molecule has 3 heterocycles. The Morgan fingerprint density at radius 3 is 2.06 bits per heavy atom. The van der Waals surface area contributed by atoms with Crippen molar-refractivity contribution in [2.24, 2.45) is 0 Å². The molecule has 0 amide bonds. The standard InChI is InChI=1S/C12H16N2.C2H6/c1-9-2-7-12(13-8-9)14-10-3-4-11(14)6-5-10;1-2/h2,7-8,10-11H,3-6H2,1H3;1-2H3. The molecular weight excluding hydrogens is 196 g/mol. The summed E-state index contributed by atoms with van der Waals surface area (Å²) >= 11 is 0. The molecule has 1 aromatic heterocycles. The van der Waals surface area contributed by atoms with Crippen molar-refractivity contribution in [3.63, 3.8) is 0 Å². The minimum atomic E-state index is 0.787. The van der Waals surface area contributed by atoms with Crippen LogP contribution in [0.15, 0.2) is 18.3 Å². The van der Waals surface area contributed by atoms with E-state index in [9.17, 15) is 0 Å². The average molecular weight is 218 g/mol. The van der Waals surface area contributed by atoms with Gasteiger partial charge in [0.25, 0.3) is 0 Å². The average Bonchev–Trinajstić information content (AvgIpc) is 2.93. The molecule has 88 valence electrons. The van der Waals surface area contributed by atoms with Crippen LogP contribution in [0.1, 0.15) is 45.1 Å². The van der Waals surface area contributed by atoms with E-state index in [0.29, 0.717) is 0 Å². The molecule has 0 atom stereocenters. The first-order valence-electron chi connectivity index (χ1n) is 6.55. The van der Waals surface area contributed by atoms with Crippen molar-refractivity contribution in [3.05, 3.63) is 23.9 Å². The van der Waals surface area contributed by atoms with Gasteiger partial charge in [-0.2, -0.15) is 0 Å². The van der Waals surface area contributed by atoms with E-state index in [2.05, 4.69) is 28.9 Å². The van der Waals surface area contributed by atoms with Crippen molar-refractivity contribution in [2.45, 2.75) is 58.5 Å². The highest BCUT2D eigenvalue weighted by molar-refractivity contribution is 5.45. The van der Waals surface area contributed by atoms with Crippen molar-refractivity contribution in [2.75, 3.05) is 4.90 Å². The van der Waals surface area contributed by atoms with E-state index < -0.39 is 0 Å². The fourth-order valence-corrected chi connectivity index (χ4v) is 2.90. The van der Waals surface area contributed by atoms with E-state index in [4.69, 9.17) is 0 Å². The number of aromatic nitrogens is 1. The molecule has 2 bridgehead atoms. The van der Waals surface area contributed by atoms with Gasteiger partial charge in [-0.05, 0) is 44.2 Å². The summed E-state index contributed by atoms with van der Waals surface area (Å²) in [6.07, 6.45) is 7.48. The summed E-state index contributed by atoms with van der Waals surface area (Å²) in [5.41, 5.74) is 1.25. The number of nitrogens with zero attached hydrogens (tertiary/aromatic N) is 2. The van der Waals surface area contributed by atoms with Gasteiger partial charge in [0.2, 0.25) is 0 Å². The molecule has 2 heteroatoms. The molecule has 3 rings (SSSR count). The highest BCUT2D eigenvalue weighted by Gasteiger charge is 2.39. The van der Waals surface area contributed by atoms with E-state index in [-0.39, 0.29) is 0 Å². The SMILES string of the molecule is CC.Cc1ccc(N2C3CCC2CC3)nc1. The normalized spacial score (nSPS) is 26.6. The number of fused-ring (bicyclic) bond motifs is 2. The van der Waals surface area contributed by atoms with Gasteiger partial charge in [-0.15, -0.1) is 0 Å². The first-order valence-corrected chi connectivity index (χ1v) is 6.55. The molecule has 16 heavy (non-hydrogen) atoms. The molecule has 0 spiro atoms. The Morgan fingerprint density at radius 2 is 1.62 bits per heavy atom. The van der Waals surface area contributed by atoms with Crippen LogP contribution in [-0.4, -0.2) is 17.1 Å². The summed E-state index contributed by atoms with van der Waals surface area (Å²) < 4.78 is 0. The fraction of sp³-hybridized carbons (Fsp3) is 0.643. The molecule has 0 radical (unpaired) electrons. The molecule has 2 aliphatic rings. The largest absolute Gasteiger partial charge is 0.351 e. The third kappa shape index (κ3) is 1.93. The van der Waals surface area contributed by atoms with Gasteiger partial charge in [0.1, 0.15) is 5.82 Å². The van der Waals surface area contributed by atoms with Crippen LogP contribution in [-0.2, 0) is 0 Å². The summed E-state index contributed by atoms with van der Waals surface area (Å²) in [6.45, 7) is 6.09. The molecule has 0 saturated carbocycles. The van der Waals surface area contributed by atoms with Crippen molar-refractivity contribution >= 4 is 5.82 Å². The minimum absolute atomic E-state index is 0.787. The van der Waals surface area contributed by atoms with E-state index in [1.807, 2.05) is 20.0 Å².